The molecule has 4 aliphatic rings. The highest BCUT2D eigenvalue weighted by molar-refractivity contribution is 5.97. The molecule has 2 aromatic rings. The summed E-state index contributed by atoms with van der Waals surface area (Å²) in [5.41, 5.74) is 12.0. The van der Waals surface area contributed by atoms with E-state index < -0.39 is 24.2 Å². The van der Waals surface area contributed by atoms with E-state index in [2.05, 4.69) is 50.5 Å². The van der Waals surface area contributed by atoms with Crippen LogP contribution in [0.3, 0.4) is 0 Å². The van der Waals surface area contributed by atoms with E-state index in [9.17, 15) is 14.7 Å². The number of nitrogens with one attached hydrogen (secondary N) is 2. The summed E-state index contributed by atoms with van der Waals surface area (Å²) in [4.78, 5) is 37.8. The van der Waals surface area contributed by atoms with Crippen molar-refractivity contribution in [2.75, 3.05) is 52.7 Å². The van der Waals surface area contributed by atoms with Crippen LogP contribution in [0.1, 0.15) is 62.0 Å². The first kappa shape index (κ1) is 36.3. The molecule has 1 heterocycles. The predicted molar refractivity (Wildman–Crippen MR) is 191 cm³/mol. The van der Waals surface area contributed by atoms with Crippen molar-refractivity contribution in [1.29, 1.82) is 0 Å². The number of amides is 2. The van der Waals surface area contributed by atoms with Gasteiger partial charge in [0, 0.05) is 56.9 Å². The number of aliphatic hydroxyl groups is 1. The molecule has 8 atom stereocenters. The molecule has 0 radical (unpaired) electrons. The third kappa shape index (κ3) is 7.14. The quantitative estimate of drug-likeness (QED) is 0.272. The summed E-state index contributed by atoms with van der Waals surface area (Å²) in [5.74, 6) is 0.920. The molecule has 264 valence electrons. The minimum atomic E-state index is -0.779. The van der Waals surface area contributed by atoms with Gasteiger partial charge < -0.3 is 31.3 Å². The third-order valence-corrected chi connectivity index (χ3v) is 11.7. The van der Waals surface area contributed by atoms with Crippen molar-refractivity contribution in [3.63, 3.8) is 0 Å². The van der Waals surface area contributed by atoms with Gasteiger partial charge in [0.1, 0.15) is 6.04 Å². The van der Waals surface area contributed by atoms with Crippen molar-refractivity contribution >= 4 is 17.5 Å². The lowest BCUT2D eigenvalue weighted by atomic mass is 9.45. The summed E-state index contributed by atoms with van der Waals surface area (Å²) in [6.07, 6.45) is 0.956. The number of nitrogens with zero attached hydrogens (tertiary/aromatic N) is 3. The summed E-state index contributed by atoms with van der Waals surface area (Å²) in [5, 5.41) is 19.1. The number of benzene rings is 2. The highest BCUT2D eigenvalue weighted by Gasteiger charge is 2.57. The van der Waals surface area contributed by atoms with Crippen molar-refractivity contribution in [2.45, 2.75) is 78.3 Å². The monoisotopic (exact) mass is 662 g/mol. The van der Waals surface area contributed by atoms with Gasteiger partial charge in [-0.3, -0.25) is 14.4 Å². The van der Waals surface area contributed by atoms with E-state index in [1.54, 1.807) is 12.0 Å². The molecule has 1 aliphatic heterocycles. The van der Waals surface area contributed by atoms with E-state index in [4.69, 9.17) is 10.6 Å². The first-order valence-corrected chi connectivity index (χ1v) is 17.6. The van der Waals surface area contributed by atoms with Crippen LogP contribution in [0.15, 0.2) is 36.4 Å². The van der Waals surface area contributed by atoms with Gasteiger partial charge in [-0.05, 0) is 104 Å². The molecule has 2 bridgehead atoms. The Balaban J connectivity index is 1.41. The molecule has 2 amide bonds. The Morgan fingerprint density at radius 1 is 1.15 bits per heavy atom. The highest BCUT2D eigenvalue weighted by Crippen LogP contribution is 2.61. The number of fused-ring (bicyclic) bond motifs is 2. The second-order valence-electron chi connectivity index (χ2n) is 15.6. The summed E-state index contributed by atoms with van der Waals surface area (Å²) in [7, 11) is 7.90. The molecule has 0 spiro atoms. The fourth-order valence-corrected chi connectivity index (χ4v) is 8.52. The van der Waals surface area contributed by atoms with Gasteiger partial charge in [0.25, 0.3) is 5.91 Å². The molecule has 10 nitrogen and oxygen atoms in total. The maximum atomic E-state index is 14.2. The van der Waals surface area contributed by atoms with Crippen LogP contribution in [0.4, 0.5) is 5.69 Å². The second kappa shape index (κ2) is 14.5. The number of hydroxylamine groups is 2. The minimum Gasteiger partial charge on any atom is -0.393 e. The van der Waals surface area contributed by atoms with E-state index in [1.807, 2.05) is 62.3 Å². The Labute approximate surface area is 287 Å². The van der Waals surface area contributed by atoms with Crippen molar-refractivity contribution < 1.29 is 19.5 Å². The van der Waals surface area contributed by atoms with E-state index in [-0.39, 0.29) is 24.4 Å². The molecule has 3 aliphatic carbocycles. The van der Waals surface area contributed by atoms with Gasteiger partial charge in [0.15, 0.2) is 0 Å². The fourth-order valence-electron chi connectivity index (χ4n) is 8.52. The number of likely N-dealkylation sites (N-methyl/N-ethyl adjacent to an activating group) is 1. The van der Waals surface area contributed by atoms with Gasteiger partial charge in [0.2, 0.25) is 5.91 Å². The number of rotatable bonds is 12. The second-order valence-corrected chi connectivity index (χ2v) is 15.6. The first-order chi connectivity index (χ1) is 22.6. The standard InChI is InChI=1S/C38H58N6O4/c1-22-25(11-10-12-30(22)26-15-27(17-29(16-26)43(8)9)36(46)40-13-14-42(6)7)21-44-35(34(24(3)45)33(20-39)48-44)37(47)41-32-19-28-18-31(23(32)2)38(28,4)5/h10-12,15-17,23-24,28,31-35,45H,13-14,18-21,39H2,1-9H3,(H,40,46)(H,41,47)/t23-,24-,28-,31+,32-,33-,34+,35-/m0/s1. The summed E-state index contributed by atoms with van der Waals surface area (Å²) in [6, 6.07) is 11.5. The molecule has 48 heavy (non-hydrogen) atoms. The zero-order valence-electron chi connectivity index (χ0n) is 30.4. The van der Waals surface area contributed by atoms with Gasteiger partial charge in [-0.2, -0.15) is 5.06 Å². The SMILES string of the molecule is Cc1c(CN2O[C@@H](CN)[C@@H]([C@H](C)O)[C@H]2C(=O)N[C@H]2C[C@@H]3C[C@H]([C@@H]2C)C3(C)C)cccc1-c1cc(C(=O)NCCN(C)C)cc(N(C)C)c1. The van der Waals surface area contributed by atoms with Crippen LogP contribution in [0.2, 0.25) is 0 Å². The number of nitrogens with two attached hydrogens (primary N) is 1. The fraction of sp³-hybridized carbons (Fsp3) is 0.632. The number of carbonyl (C=O) groups excluding carboxylic acids is 2. The van der Waals surface area contributed by atoms with Gasteiger partial charge in [-0.15, -0.1) is 0 Å². The topological polar surface area (TPSA) is 123 Å². The Hall–Kier alpha value is -3.02. The van der Waals surface area contributed by atoms with Crippen molar-refractivity contribution in [1.82, 2.24) is 20.6 Å². The largest absolute Gasteiger partial charge is 0.393 e. The van der Waals surface area contributed by atoms with Crippen LogP contribution >= 0.6 is 0 Å². The normalized spacial score (nSPS) is 28.5. The van der Waals surface area contributed by atoms with E-state index in [0.717, 1.165) is 40.9 Å². The average Bonchev–Trinajstić information content (AvgIpc) is 3.41. The number of anilines is 1. The van der Waals surface area contributed by atoms with Crippen molar-refractivity contribution in [3.8, 4) is 11.1 Å². The smallest absolute Gasteiger partial charge is 0.251 e. The number of carbonyl (C=O) groups is 2. The Kier molecular flexibility index (Phi) is 10.9. The van der Waals surface area contributed by atoms with E-state index in [1.165, 1.54) is 6.42 Å². The lowest BCUT2D eigenvalue weighted by molar-refractivity contribution is -0.175. The molecular weight excluding hydrogens is 604 g/mol. The maximum Gasteiger partial charge on any atom is 0.251 e. The van der Waals surface area contributed by atoms with Crippen LogP contribution in [0, 0.1) is 36.0 Å². The zero-order chi connectivity index (χ0) is 35.1. The van der Waals surface area contributed by atoms with Crippen LogP contribution < -0.4 is 21.3 Å². The molecular formula is C38H58N6O4. The molecule has 5 N–H and O–H groups in total. The van der Waals surface area contributed by atoms with E-state index in [0.29, 0.717) is 41.8 Å². The number of hydrogen-bond donors (Lipinski definition) is 4. The summed E-state index contributed by atoms with van der Waals surface area (Å²) < 4.78 is 0. The van der Waals surface area contributed by atoms with Crippen LogP contribution in [0.25, 0.3) is 11.1 Å². The average molecular weight is 663 g/mol. The first-order valence-electron chi connectivity index (χ1n) is 17.6. The summed E-state index contributed by atoms with van der Waals surface area (Å²) >= 11 is 0. The molecule has 0 aromatic heterocycles. The Morgan fingerprint density at radius 3 is 2.48 bits per heavy atom. The molecule has 2 aromatic carbocycles. The third-order valence-electron chi connectivity index (χ3n) is 11.7. The Morgan fingerprint density at radius 2 is 1.88 bits per heavy atom. The zero-order valence-corrected chi connectivity index (χ0v) is 30.4. The summed E-state index contributed by atoms with van der Waals surface area (Å²) in [6.45, 7) is 12.6. The van der Waals surface area contributed by atoms with Gasteiger partial charge in [-0.25, -0.2) is 0 Å². The lowest BCUT2D eigenvalue weighted by Crippen LogP contribution is -2.62. The molecule has 1 saturated heterocycles. The highest BCUT2D eigenvalue weighted by atomic mass is 16.7. The van der Waals surface area contributed by atoms with Crippen LogP contribution in [-0.2, 0) is 16.2 Å². The van der Waals surface area contributed by atoms with Crippen LogP contribution in [0.5, 0.6) is 0 Å². The minimum absolute atomic E-state index is 0.103. The number of aliphatic hydroxyl groups excluding tert-OH is 1. The van der Waals surface area contributed by atoms with Gasteiger partial charge in [-0.1, -0.05) is 39.0 Å². The van der Waals surface area contributed by atoms with Gasteiger partial charge in [0.05, 0.1) is 18.8 Å². The van der Waals surface area contributed by atoms with Crippen molar-refractivity contribution in [3.05, 3.63) is 53.1 Å². The molecule has 10 heteroatoms. The Bertz CT molecular complexity index is 1480. The van der Waals surface area contributed by atoms with Crippen LogP contribution in [-0.4, -0.2) is 99.0 Å². The molecule has 6 rings (SSSR count). The lowest BCUT2D eigenvalue weighted by Gasteiger charge is -2.62. The molecule has 4 fully saturated rings. The van der Waals surface area contributed by atoms with Crippen molar-refractivity contribution in [2.24, 2.45) is 34.8 Å². The molecule has 0 unspecified atom stereocenters. The van der Waals surface area contributed by atoms with Gasteiger partial charge >= 0.3 is 0 Å². The number of hydrogen-bond acceptors (Lipinski definition) is 8. The molecule has 3 saturated carbocycles. The predicted octanol–water partition coefficient (Wildman–Crippen LogP) is 3.65. The van der Waals surface area contributed by atoms with E-state index >= 15 is 0 Å². The maximum absolute atomic E-state index is 14.2.